The summed E-state index contributed by atoms with van der Waals surface area (Å²) in [4.78, 5) is 27.7. The first-order valence-corrected chi connectivity index (χ1v) is 7.48. The normalized spacial score (nSPS) is 25.3. The summed E-state index contributed by atoms with van der Waals surface area (Å²) in [5, 5.41) is 0. The van der Waals surface area contributed by atoms with Crippen LogP contribution in [0.3, 0.4) is 0 Å². The Morgan fingerprint density at radius 1 is 1.21 bits per heavy atom. The molecule has 5 nitrogen and oxygen atoms in total. The van der Waals surface area contributed by atoms with E-state index in [1.807, 2.05) is 9.80 Å². The topological polar surface area (TPSA) is 66.6 Å². The number of likely N-dealkylation sites (tertiary alicyclic amines) is 2. The summed E-state index contributed by atoms with van der Waals surface area (Å²) in [5.74, 6) is 0.354. The van der Waals surface area contributed by atoms with Gasteiger partial charge in [0.15, 0.2) is 0 Å². The van der Waals surface area contributed by atoms with E-state index in [-0.39, 0.29) is 17.9 Å². The molecule has 2 saturated heterocycles. The van der Waals surface area contributed by atoms with E-state index in [2.05, 4.69) is 0 Å². The molecule has 0 aromatic carbocycles. The van der Waals surface area contributed by atoms with Gasteiger partial charge in [-0.1, -0.05) is 6.42 Å². The van der Waals surface area contributed by atoms with Crippen molar-refractivity contribution in [2.45, 2.75) is 51.0 Å². The van der Waals surface area contributed by atoms with Crippen molar-refractivity contribution in [1.29, 1.82) is 0 Å². The molecule has 2 heterocycles. The van der Waals surface area contributed by atoms with Crippen molar-refractivity contribution in [2.24, 2.45) is 5.73 Å². The van der Waals surface area contributed by atoms with Crippen molar-refractivity contribution >= 4 is 11.8 Å². The first kappa shape index (κ1) is 14.3. The monoisotopic (exact) mass is 267 g/mol. The SMILES string of the molecule is N[C@@H]1CCCN(C(=O)CCN2CCCCCC2=O)C1. The molecule has 1 atom stereocenters. The summed E-state index contributed by atoms with van der Waals surface area (Å²) in [6.07, 6.45) is 6.27. The molecule has 0 unspecified atom stereocenters. The molecule has 2 amide bonds. The Hall–Kier alpha value is -1.10. The van der Waals surface area contributed by atoms with Crippen LogP contribution in [0.5, 0.6) is 0 Å². The third-order valence-electron chi connectivity index (χ3n) is 4.08. The summed E-state index contributed by atoms with van der Waals surface area (Å²) < 4.78 is 0. The molecule has 0 bridgehead atoms. The highest BCUT2D eigenvalue weighted by molar-refractivity contribution is 5.79. The number of hydrogen-bond acceptors (Lipinski definition) is 3. The zero-order valence-electron chi connectivity index (χ0n) is 11.6. The predicted molar refractivity (Wildman–Crippen MR) is 73.5 cm³/mol. The van der Waals surface area contributed by atoms with Gasteiger partial charge in [0.2, 0.25) is 11.8 Å². The molecule has 0 radical (unpaired) electrons. The lowest BCUT2D eigenvalue weighted by Crippen LogP contribution is -2.46. The van der Waals surface area contributed by atoms with Gasteiger partial charge in [0.05, 0.1) is 0 Å². The van der Waals surface area contributed by atoms with Gasteiger partial charge >= 0.3 is 0 Å². The van der Waals surface area contributed by atoms with Crippen molar-refractivity contribution in [3.05, 3.63) is 0 Å². The van der Waals surface area contributed by atoms with Crippen LogP contribution < -0.4 is 5.73 Å². The van der Waals surface area contributed by atoms with Gasteiger partial charge < -0.3 is 15.5 Å². The van der Waals surface area contributed by atoms with Crippen molar-refractivity contribution in [2.75, 3.05) is 26.2 Å². The van der Waals surface area contributed by atoms with Gasteiger partial charge in [-0.05, 0) is 25.7 Å². The van der Waals surface area contributed by atoms with Crippen molar-refractivity contribution in [1.82, 2.24) is 9.80 Å². The van der Waals surface area contributed by atoms with Gasteiger partial charge in [0.25, 0.3) is 0 Å². The lowest BCUT2D eigenvalue weighted by atomic mass is 10.1. The Morgan fingerprint density at radius 2 is 2.05 bits per heavy atom. The number of hydrogen-bond donors (Lipinski definition) is 1. The maximum Gasteiger partial charge on any atom is 0.224 e. The average Bonchev–Trinajstić information content (AvgIpc) is 2.61. The van der Waals surface area contributed by atoms with E-state index in [1.165, 1.54) is 0 Å². The number of amides is 2. The molecule has 0 spiro atoms. The largest absolute Gasteiger partial charge is 0.342 e. The van der Waals surface area contributed by atoms with Crippen LogP contribution in [0.15, 0.2) is 0 Å². The molecular formula is C14H25N3O2. The third kappa shape index (κ3) is 4.20. The maximum atomic E-state index is 12.1. The van der Waals surface area contributed by atoms with E-state index in [9.17, 15) is 9.59 Å². The fourth-order valence-corrected chi connectivity index (χ4v) is 2.90. The Labute approximate surface area is 115 Å². The first-order valence-electron chi connectivity index (χ1n) is 7.48. The minimum absolute atomic E-state index is 0.123. The minimum atomic E-state index is 0.123. The lowest BCUT2D eigenvalue weighted by molar-refractivity contribution is -0.134. The first-order chi connectivity index (χ1) is 9.16. The van der Waals surface area contributed by atoms with Crippen LogP contribution in [0, 0.1) is 0 Å². The van der Waals surface area contributed by atoms with Gasteiger partial charge in [-0.25, -0.2) is 0 Å². The maximum absolute atomic E-state index is 12.1. The van der Waals surface area contributed by atoms with Crippen LogP contribution in [0.4, 0.5) is 0 Å². The molecule has 2 aliphatic rings. The number of carbonyl (C=O) groups is 2. The van der Waals surface area contributed by atoms with Gasteiger partial charge in [-0.3, -0.25) is 9.59 Å². The fourth-order valence-electron chi connectivity index (χ4n) is 2.90. The minimum Gasteiger partial charge on any atom is -0.342 e. The standard InChI is InChI=1S/C14H25N3O2/c15-12-5-4-9-17(11-12)14(19)7-10-16-8-3-1-2-6-13(16)18/h12H,1-11,15H2/t12-/m1/s1. The highest BCUT2D eigenvalue weighted by atomic mass is 16.2. The second-order valence-electron chi connectivity index (χ2n) is 5.68. The van der Waals surface area contributed by atoms with E-state index in [1.54, 1.807) is 0 Å². The highest BCUT2D eigenvalue weighted by Gasteiger charge is 2.23. The summed E-state index contributed by atoms with van der Waals surface area (Å²) in [6, 6.07) is 0.123. The van der Waals surface area contributed by atoms with Crippen LogP contribution in [0.25, 0.3) is 0 Å². The number of rotatable bonds is 3. The van der Waals surface area contributed by atoms with Gasteiger partial charge in [-0.15, -0.1) is 0 Å². The molecule has 108 valence electrons. The average molecular weight is 267 g/mol. The van der Waals surface area contributed by atoms with E-state index in [0.29, 0.717) is 25.9 Å². The number of nitrogens with two attached hydrogens (primary N) is 1. The van der Waals surface area contributed by atoms with Crippen LogP contribution >= 0.6 is 0 Å². The summed E-state index contributed by atoms with van der Waals surface area (Å²) in [6.45, 7) is 2.88. The molecule has 0 aromatic rings. The second kappa shape index (κ2) is 6.89. The summed E-state index contributed by atoms with van der Waals surface area (Å²) in [5.41, 5.74) is 5.89. The van der Waals surface area contributed by atoms with E-state index in [0.717, 1.165) is 45.2 Å². The van der Waals surface area contributed by atoms with Crippen molar-refractivity contribution in [3.8, 4) is 0 Å². The fraction of sp³-hybridized carbons (Fsp3) is 0.857. The van der Waals surface area contributed by atoms with E-state index in [4.69, 9.17) is 5.73 Å². The molecular weight excluding hydrogens is 242 g/mol. The molecule has 2 aliphatic heterocycles. The van der Waals surface area contributed by atoms with Crippen molar-refractivity contribution in [3.63, 3.8) is 0 Å². The Morgan fingerprint density at radius 3 is 2.84 bits per heavy atom. The summed E-state index contributed by atoms with van der Waals surface area (Å²) >= 11 is 0. The number of piperidine rings is 1. The molecule has 0 aliphatic carbocycles. The third-order valence-corrected chi connectivity index (χ3v) is 4.08. The second-order valence-corrected chi connectivity index (χ2v) is 5.68. The Balaban J connectivity index is 1.77. The van der Waals surface area contributed by atoms with Crippen LogP contribution in [-0.4, -0.2) is 53.8 Å². The quantitative estimate of drug-likeness (QED) is 0.819. The van der Waals surface area contributed by atoms with Crippen molar-refractivity contribution < 1.29 is 9.59 Å². The molecule has 19 heavy (non-hydrogen) atoms. The predicted octanol–water partition coefficient (Wildman–Crippen LogP) is 0.729. The Kier molecular flexibility index (Phi) is 5.19. The molecule has 0 saturated carbocycles. The lowest BCUT2D eigenvalue weighted by Gasteiger charge is -2.31. The van der Waals surface area contributed by atoms with Gasteiger partial charge in [0, 0.05) is 45.1 Å². The molecule has 5 heteroatoms. The van der Waals surface area contributed by atoms with Gasteiger partial charge in [0.1, 0.15) is 0 Å². The molecule has 2 rings (SSSR count). The van der Waals surface area contributed by atoms with E-state index < -0.39 is 0 Å². The molecule has 0 aromatic heterocycles. The zero-order valence-corrected chi connectivity index (χ0v) is 11.6. The van der Waals surface area contributed by atoms with Crippen LogP contribution in [-0.2, 0) is 9.59 Å². The highest BCUT2D eigenvalue weighted by Crippen LogP contribution is 2.13. The summed E-state index contributed by atoms with van der Waals surface area (Å²) in [7, 11) is 0. The molecule has 2 fully saturated rings. The Bertz CT molecular complexity index is 333. The van der Waals surface area contributed by atoms with Crippen LogP contribution in [0.2, 0.25) is 0 Å². The van der Waals surface area contributed by atoms with Gasteiger partial charge in [-0.2, -0.15) is 0 Å². The number of carbonyl (C=O) groups excluding carboxylic acids is 2. The van der Waals surface area contributed by atoms with E-state index >= 15 is 0 Å². The van der Waals surface area contributed by atoms with Crippen LogP contribution in [0.1, 0.15) is 44.9 Å². The smallest absolute Gasteiger partial charge is 0.224 e. The number of nitrogens with zero attached hydrogens (tertiary/aromatic N) is 2. The zero-order chi connectivity index (χ0) is 13.7. The molecule has 2 N–H and O–H groups in total.